The highest BCUT2D eigenvalue weighted by Gasteiger charge is 2.45. The lowest BCUT2D eigenvalue weighted by Crippen LogP contribution is -2.37. The molecule has 2 heterocycles. The van der Waals surface area contributed by atoms with E-state index >= 15 is 0 Å². The van der Waals surface area contributed by atoms with Crippen LogP contribution in [0.5, 0.6) is 0 Å². The summed E-state index contributed by atoms with van der Waals surface area (Å²) >= 11 is 0. The van der Waals surface area contributed by atoms with Crippen molar-refractivity contribution in [1.29, 1.82) is 0 Å². The minimum atomic E-state index is -3.41. The molecule has 1 aromatic rings. The fourth-order valence-electron chi connectivity index (χ4n) is 5.77. The molecule has 27 heavy (non-hydrogen) atoms. The van der Waals surface area contributed by atoms with Gasteiger partial charge in [0.15, 0.2) is 0 Å². The van der Waals surface area contributed by atoms with Crippen molar-refractivity contribution < 1.29 is 13.2 Å². The van der Waals surface area contributed by atoms with Crippen LogP contribution in [0.25, 0.3) is 0 Å². The Kier molecular flexibility index (Phi) is 4.32. The SMILES string of the molecule is O=C(C1CC2CCC1C2)N1CCc2cc(S(=O)(=O)N3CCCCC3)ccc21. The first kappa shape index (κ1) is 17.7. The third kappa shape index (κ3) is 2.92. The molecule has 1 aromatic carbocycles. The summed E-state index contributed by atoms with van der Waals surface area (Å²) in [5.41, 5.74) is 1.94. The summed E-state index contributed by atoms with van der Waals surface area (Å²) in [5.74, 6) is 1.78. The van der Waals surface area contributed by atoms with E-state index in [2.05, 4.69) is 0 Å². The Morgan fingerprint density at radius 3 is 2.52 bits per heavy atom. The average molecular weight is 389 g/mol. The van der Waals surface area contributed by atoms with E-state index in [0.29, 0.717) is 30.4 Å². The Hall–Kier alpha value is -1.40. The Bertz CT molecular complexity index is 860. The van der Waals surface area contributed by atoms with E-state index in [1.165, 1.54) is 19.3 Å². The normalized spacial score (nSPS) is 30.7. The third-order valence-corrected chi connectivity index (χ3v) is 9.12. The van der Waals surface area contributed by atoms with Gasteiger partial charge in [0.2, 0.25) is 15.9 Å². The molecular weight excluding hydrogens is 360 g/mol. The van der Waals surface area contributed by atoms with Crippen LogP contribution in [0.2, 0.25) is 0 Å². The van der Waals surface area contributed by atoms with Gasteiger partial charge in [0.05, 0.1) is 4.90 Å². The van der Waals surface area contributed by atoms with Crippen molar-refractivity contribution in [3.8, 4) is 0 Å². The molecule has 3 fully saturated rings. The van der Waals surface area contributed by atoms with Crippen LogP contribution in [-0.2, 0) is 21.2 Å². The summed E-state index contributed by atoms with van der Waals surface area (Å²) in [4.78, 5) is 15.4. The molecule has 146 valence electrons. The van der Waals surface area contributed by atoms with Gasteiger partial charge in [-0.3, -0.25) is 4.79 Å². The van der Waals surface area contributed by atoms with Gasteiger partial charge in [-0.1, -0.05) is 12.8 Å². The molecule has 3 unspecified atom stereocenters. The number of carbonyl (C=O) groups excluding carboxylic acids is 1. The number of sulfonamides is 1. The Balaban J connectivity index is 1.38. The largest absolute Gasteiger partial charge is 0.312 e. The van der Waals surface area contributed by atoms with Gasteiger partial charge in [-0.15, -0.1) is 0 Å². The van der Waals surface area contributed by atoms with Crippen LogP contribution in [-0.4, -0.2) is 38.3 Å². The molecule has 0 aromatic heterocycles. The number of hydrogen-bond donors (Lipinski definition) is 0. The van der Waals surface area contributed by atoms with Crippen LogP contribution in [0.15, 0.2) is 23.1 Å². The van der Waals surface area contributed by atoms with Gasteiger partial charge in [-0.25, -0.2) is 8.42 Å². The van der Waals surface area contributed by atoms with Gasteiger partial charge in [-0.05, 0) is 74.1 Å². The minimum absolute atomic E-state index is 0.187. The maximum atomic E-state index is 13.1. The van der Waals surface area contributed by atoms with Crippen LogP contribution in [0.4, 0.5) is 5.69 Å². The molecule has 3 atom stereocenters. The van der Waals surface area contributed by atoms with Crippen LogP contribution in [0, 0.1) is 17.8 Å². The maximum absolute atomic E-state index is 13.1. The number of benzene rings is 1. The van der Waals surface area contributed by atoms with Crippen LogP contribution in [0.3, 0.4) is 0 Å². The van der Waals surface area contributed by atoms with Crippen molar-refractivity contribution in [2.75, 3.05) is 24.5 Å². The first-order valence-electron chi connectivity index (χ1n) is 10.5. The molecular formula is C21H28N2O3S. The Labute approximate surface area is 161 Å². The molecule has 1 saturated heterocycles. The van der Waals surface area contributed by atoms with Gasteiger partial charge in [0.25, 0.3) is 0 Å². The molecule has 2 aliphatic carbocycles. The van der Waals surface area contributed by atoms with Crippen molar-refractivity contribution in [2.24, 2.45) is 17.8 Å². The molecule has 4 aliphatic rings. The molecule has 0 spiro atoms. The van der Waals surface area contributed by atoms with Gasteiger partial charge < -0.3 is 4.90 Å². The average Bonchev–Trinajstić information content (AvgIpc) is 3.43. The number of rotatable bonds is 3. The Morgan fingerprint density at radius 2 is 1.81 bits per heavy atom. The van der Waals surface area contributed by atoms with Crippen molar-refractivity contribution in [3.63, 3.8) is 0 Å². The lowest BCUT2D eigenvalue weighted by molar-refractivity contribution is -0.123. The Morgan fingerprint density at radius 1 is 1.00 bits per heavy atom. The quantitative estimate of drug-likeness (QED) is 0.799. The van der Waals surface area contributed by atoms with E-state index in [1.54, 1.807) is 10.4 Å². The van der Waals surface area contributed by atoms with Gasteiger partial charge >= 0.3 is 0 Å². The van der Waals surface area contributed by atoms with E-state index < -0.39 is 10.0 Å². The maximum Gasteiger partial charge on any atom is 0.243 e. The lowest BCUT2D eigenvalue weighted by Gasteiger charge is -2.27. The fraction of sp³-hybridized carbons (Fsp3) is 0.667. The first-order valence-corrected chi connectivity index (χ1v) is 11.9. The predicted molar refractivity (Wildman–Crippen MR) is 104 cm³/mol. The molecule has 2 aliphatic heterocycles. The van der Waals surface area contributed by atoms with Crippen molar-refractivity contribution in [1.82, 2.24) is 4.31 Å². The predicted octanol–water partition coefficient (Wildman–Crippen LogP) is 3.19. The van der Waals surface area contributed by atoms with Gasteiger partial charge in [0, 0.05) is 31.2 Å². The molecule has 2 saturated carbocycles. The highest BCUT2D eigenvalue weighted by Crippen LogP contribution is 2.49. The van der Waals surface area contributed by atoms with Gasteiger partial charge in [0.1, 0.15) is 0 Å². The summed E-state index contributed by atoms with van der Waals surface area (Å²) in [6.07, 6.45) is 8.52. The van der Waals surface area contributed by atoms with Crippen LogP contribution in [0.1, 0.15) is 50.5 Å². The van der Waals surface area contributed by atoms with E-state index in [9.17, 15) is 13.2 Å². The third-order valence-electron chi connectivity index (χ3n) is 7.22. The number of amides is 1. The van der Waals surface area contributed by atoms with E-state index in [1.807, 2.05) is 17.0 Å². The molecule has 0 N–H and O–H groups in total. The van der Waals surface area contributed by atoms with E-state index in [4.69, 9.17) is 0 Å². The number of carbonyl (C=O) groups is 1. The smallest absolute Gasteiger partial charge is 0.243 e. The lowest BCUT2D eigenvalue weighted by atomic mass is 9.88. The standard InChI is InChI=1S/C21H28N2O3S/c24-21(19-13-15-4-5-16(19)12-15)23-11-8-17-14-18(6-7-20(17)23)27(25,26)22-9-2-1-3-10-22/h6-7,14-16,19H,1-5,8-13H2. The van der Waals surface area contributed by atoms with Crippen molar-refractivity contribution in [3.05, 3.63) is 23.8 Å². The molecule has 2 bridgehead atoms. The van der Waals surface area contributed by atoms with Crippen molar-refractivity contribution >= 4 is 21.6 Å². The first-order chi connectivity index (χ1) is 13.0. The summed E-state index contributed by atoms with van der Waals surface area (Å²) in [6.45, 7) is 1.93. The number of piperidine rings is 1. The number of fused-ring (bicyclic) bond motifs is 3. The summed E-state index contributed by atoms with van der Waals surface area (Å²) in [6, 6.07) is 5.38. The zero-order chi connectivity index (χ0) is 18.6. The summed E-state index contributed by atoms with van der Waals surface area (Å²) in [5, 5.41) is 0. The monoisotopic (exact) mass is 388 g/mol. The van der Waals surface area contributed by atoms with Crippen LogP contribution >= 0.6 is 0 Å². The highest BCUT2D eigenvalue weighted by atomic mass is 32.2. The molecule has 0 radical (unpaired) electrons. The number of hydrogen-bond acceptors (Lipinski definition) is 3. The molecule has 5 rings (SSSR count). The molecule has 1 amide bonds. The topological polar surface area (TPSA) is 57.7 Å². The highest BCUT2D eigenvalue weighted by molar-refractivity contribution is 7.89. The second-order valence-electron chi connectivity index (χ2n) is 8.78. The zero-order valence-corrected chi connectivity index (χ0v) is 16.6. The second kappa shape index (κ2) is 6.59. The van der Waals surface area contributed by atoms with Gasteiger partial charge in [-0.2, -0.15) is 4.31 Å². The van der Waals surface area contributed by atoms with Crippen molar-refractivity contribution in [2.45, 2.75) is 56.3 Å². The number of anilines is 1. The number of nitrogens with zero attached hydrogens (tertiary/aromatic N) is 2. The summed E-state index contributed by atoms with van der Waals surface area (Å²) < 4.78 is 27.5. The van der Waals surface area contributed by atoms with E-state index in [-0.39, 0.29) is 11.8 Å². The molecule has 5 nitrogen and oxygen atoms in total. The summed E-state index contributed by atoms with van der Waals surface area (Å²) in [7, 11) is -3.41. The zero-order valence-electron chi connectivity index (χ0n) is 15.8. The minimum Gasteiger partial charge on any atom is -0.312 e. The van der Waals surface area contributed by atoms with E-state index in [0.717, 1.165) is 49.3 Å². The fourth-order valence-corrected chi connectivity index (χ4v) is 7.34. The molecule has 6 heteroatoms. The second-order valence-corrected chi connectivity index (χ2v) is 10.7. The van der Waals surface area contributed by atoms with Crippen LogP contribution < -0.4 is 4.90 Å².